The number of unbranched alkanes of at least 4 members (excludes halogenated alkanes) is 1. The molecule has 1 aromatic rings. The van der Waals surface area contributed by atoms with Crippen molar-refractivity contribution in [2.45, 2.75) is 19.8 Å². The number of hydrogen-bond acceptors (Lipinski definition) is 3. The topological polar surface area (TPSA) is 50.1 Å². The molecule has 0 fully saturated rings. The molecular formula is C14H15NO2. The van der Waals surface area contributed by atoms with Gasteiger partial charge in [0.05, 0.1) is 18.2 Å². The summed E-state index contributed by atoms with van der Waals surface area (Å²) in [5.74, 6) is -0.346. The van der Waals surface area contributed by atoms with E-state index in [9.17, 15) is 4.79 Å². The van der Waals surface area contributed by atoms with Gasteiger partial charge in [-0.1, -0.05) is 25.5 Å². The van der Waals surface area contributed by atoms with Crippen LogP contribution in [0.5, 0.6) is 0 Å². The van der Waals surface area contributed by atoms with Crippen LogP contribution >= 0.6 is 0 Å². The van der Waals surface area contributed by atoms with E-state index in [0.717, 1.165) is 18.4 Å². The summed E-state index contributed by atoms with van der Waals surface area (Å²) >= 11 is 0. The lowest BCUT2D eigenvalue weighted by Crippen LogP contribution is -2.01. The molecule has 0 N–H and O–H groups in total. The van der Waals surface area contributed by atoms with E-state index in [4.69, 9.17) is 10.00 Å². The molecule has 0 aliphatic carbocycles. The summed E-state index contributed by atoms with van der Waals surface area (Å²) < 4.78 is 4.97. The maximum absolute atomic E-state index is 11.3. The Labute approximate surface area is 101 Å². The maximum atomic E-state index is 11.3. The first-order valence-corrected chi connectivity index (χ1v) is 5.61. The molecule has 1 aromatic carbocycles. The highest BCUT2D eigenvalue weighted by molar-refractivity contribution is 5.87. The van der Waals surface area contributed by atoms with E-state index in [1.54, 1.807) is 24.3 Å². The summed E-state index contributed by atoms with van der Waals surface area (Å²) in [5, 5.41) is 8.72. The number of hydrogen-bond donors (Lipinski definition) is 0. The number of nitrogens with zero attached hydrogens (tertiary/aromatic N) is 1. The average molecular weight is 229 g/mol. The van der Waals surface area contributed by atoms with Crippen molar-refractivity contribution in [3.05, 3.63) is 41.5 Å². The van der Waals surface area contributed by atoms with Crippen LogP contribution in [0.3, 0.4) is 0 Å². The van der Waals surface area contributed by atoms with Crippen LogP contribution in [0.25, 0.3) is 6.08 Å². The van der Waals surface area contributed by atoms with Crippen molar-refractivity contribution in [3.8, 4) is 6.07 Å². The molecule has 17 heavy (non-hydrogen) atoms. The van der Waals surface area contributed by atoms with Crippen LogP contribution in [0.2, 0.25) is 0 Å². The molecule has 0 spiro atoms. The highest BCUT2D eigenvalue weighted by Crippen LogP contribution is 2.06. The number of ether oxygens (including phenoxy) is 1. The van der Waals surface area contributed by atoms with Gasteiger partial charge in [0.2, 0.25) is 0 Å². The second-order valence-corrected chi connectivity index (χ2v) is 3.59. The molecule has 0 saturated carbocycles. The Morgan fingerprint density at radius 3 is 3.06 bits per heavy atom. The van der Waals surface area contributed by atoms with Gasteiger partial charge in [0.1, 0.15) is 0 Å². The van der Waals surface area contributed by atoms with E-state index in [1.165, 1.54) is 6.08 Å². The molecule has 0 aromatic heterocycles. The summed E-state index contributed by atoms with van der Waals surface area (Å²) in [6.07, 6.45) is 4.91. The molecule has 0 radical (unpaired) electrons. The Hall–Kier alpha value is -2.08. The van der Waals surface area contributed by atoms with Crippen molar-refractivity contribution in [1.82, 2.24) is 0 Å². The van der Waals surface area contributed by atoms with E-state index in [-0.39, 0.29) is 5.97 Å². The van der Waals surface area contributed by atoms with E-state index in [1.807, 2.05) is 19.1 Å². The van der Waals surface area contributed by atoms with Crippen molar-refractivity contribution in [3.63, 3.8) is 0 Å². The molecule has 0 atom stereocenters. The lowest BCUT2D eigenvalue weighted by Gasteiger charge is -1.99. The Morgan fingerprint density at radius 1 is 1.53 bits per heavy atom. The second kappa shape index (κ2) is 7.24. The molecule has 0 aliphatic rings. The minimum Gasteiger partial charge on any atom is -0.463 e. The fourth-order valence-corrected chi connectivity index (χ4v) is 1.24. The summed E-state index contributed by atoms with van der Waals surface area (Å²) in [7, 11) is 0. The molecule has 3 heteroatoms. The predicted molar refractivity (Wildman–Crippen MR) is 66.1 cm³/mol. The van der Waals surface area contributed by atoms with Gasteiger partial charge < -0.3 is 4.74 Å². The van der Waals surface area contributed by atoms with Gasteiger partial charge >= 0.3 is 5.97 Å². The van der Waals surface area contributed by atoms with Crippen LogP contribution in [0, 0.1) is 11.3 Å². The minimum atomic E-state index is -0.346. The minimum absolute atomic E-state index is 0.346. The number of nitriles is 1. The molecule has 88 valence electrons. The quantitative estimate of drug-likeness (QED) is 0.443. The third-order valence-electron chi connectivity index (χ3n) is 2.17. The van der Waals surface area contributed by atoms with E-state index in [2.05, 4.69) is 0 Å². The molecule has 0 aliphatic heterocycles. The van der Waals surface area contributed by atoms with Gasteiger partial charge in [0.15, 0.2) is 0 Å². The van der Waals surface area contributed by atoms with Gasteiger partial charge in [-0.25, -0.2) is 4.79 Å². The lowest BCUT2D eigenvalue weighted by atomic mass is 10.1. The van der Waals surface area contributed by atoms with Gasteiger partial charge in [-0.05, 0) is 30.2 Å². The van der Waals surface area contributed by atoms with Crippen LogP contribution in [-0.2, 0) is 9.53 Å². The Balaban J connectivity index is 2.52. The van der Waals surface area contributed by atoms with Crippen molar-refractivity contribution >= 4 is 12.0 Å². The van der Waals surface area contributed by atoms with Gasteiger partial charge in [-0.2, -0.15) is 5.26 Å². The molecular weight excluding hydrogens is 214 g/mol. The van der Waals surface area contributed by atoms with Crippen molar-refractivity contribution < 1.29 is 9.53 Å². The van der Waals surface area contributed by atoms with Crippen molar-refractivity contribution in [1.29, 1.82) is 5.26 Å². The summed E-state index contributed by atoms with van der Waals surface area (Å²) in [4.78, 5) is 11.3. The second-order valence-electron chi connectivity index (χ2n) is 3.59. The average Bonchev–Trinajstić information content (AvgIpc) is 2.37. The van der Waals surface area contributed by atoms with E-state index < -0.39 is 0 Å². The van der Waals surface area contributed by atoms with Crippen LogP contribution in [-0.4, -0.2) is 12.6 Å². The highest BCUT2D eigenvalue weighted by Gasteiger charge is 1.96. The fourth-order valence-electron chi connectivity index (χ4n) is 1.24. The zero-order valence-corrected chi connectivity index (χ0v) is 9.85. The Bertz CT molecular complexity index is 444. The van der Waals surface area contributed by atoms with Gasteiger partial charge in [-0.3, -0.25) is 0 Å². The van der Waals surface area contributed by atoms with Crippen LogP contribution in [0.15, 0.2) is 30.3 Å². The first-order valence-electron chi connectivity index (χ1n) is 5.61. The largest absolute Gasteiger partial charge is 0.463 e. The number of esters is 1. The number of benzene rings is 1. The van der Waals surface area contributed by atoms with E-state index >= 15 is 0 Å². The monoisotopic (exact) mass is 229 g/mol. The molecule has 0 unspecified atom stereocenters. The van der Waals surface area contributed by atoms with Crippen LogP contribution in [0.1, 0.15) is 30.9 Å². The summed E-state index contributed by atoms with van der Waals surface area (Å²) in [6, 6.07) is 9.09. The zero-order valence-electron chi connectivity index (χ0n) is 9.85. The molecule has 0 amide bonds. The number of carbonyl (C=O) groups excluding carboxylic acids is 1. The zero-order chi connectivity index (χ0) is 12.5. The van der Waals surface area contributed by atoms with Crippen molar-refractivity contribution in [2.75, 3.05) is 6.61 Å². The SMILES string of the molecule is CCCCOC(=O)/C=C/c1cccc(C#N)c1. The first-order chi connectivity index (χ1) is 8.26. The van der Waals surface area contributed by atoms with Crippen molar-refractivity contribution in [2.24, 2.45) is 0 Å². The third kappa shape index (κ3) is 4.98. The molecule has 1 rings (SSSR count). The molecule has 0 bridgehead atoms. The van der Waals surface area contributed by atoms with Crippen LogP contribution in [0.4, 0.5) is 0 Å². The van der Waals surface area contributed by atoms with Crippen LogP contribution < -0.4 is 0 Å². The fraction of sp³-hybridized carbons (Fsp3) is 0.286. The molecule has 3 nitrogen and oxygen atoms in total. The Kier molecular flexibility index (Phi) is 5.53. The van der Waals surface area contributed by atoms with Gasteiger partial charge in [0.25, 0.3) is 0 Å². The van der Waals surface area contributed by atoms with Gasteiger partial charge in [-0.15, -0.1) is 0 Å². The molecule has 0 saturated heterocycles. The third-order valence-corrected chi connectivity index (χ3v) is 2.17. The molecule has 0 heterocycles. The smallest absolute Gasteiger partial charge is 0.330 e. The lowest BCUT2D eigenvalue weighted by molar-refractivity contribution is -0.137. The normalized spacial score (nSPS) is 10.1. The predicted octanol–water partition coefficient (Wildman–Crippen LogP) is 2.91. The number of carbonyl (C=O) groups is 1. The maximum Gasteiger partial charge on any atom is 0.330 e. The highest BCUT2D eigenvalue weighted by atomic mass is 16.5. The Morgan fingerprint density at radius 2 is 2.35 bits per heavy atom. The first kappa shape index (κ1) is 13.0. The summed E-state index contributed by atoms with van der Waals surface area (Å²) in [6.45, 7) is 2.50. The number of rotatable bonds is 5. The van der Waals surface area contributed by atoms with Gasteiger partial charge in [0, 0.05) is 6.08 Å². The van der Waals surface area contributed by atoms with E-state index in [0.29, 0.717) is 12.2 Å². The standard InChI is InChI=1S/C14H15NO2/c1-2-3-9-17-14(16)8-7-12-5-4-6-13(10-12)11-15/h4-8,10H,2-3,9H2,1H3/b8-7+. The summed E-state index contributed by atoms with van der Waals surface area (Å²) in [5.41, 5.74) is 1.39.